The minimum Gasteiger partial charge on any atom is -0.374 e. The maximum absolute atomic E-state index is 5.66. The molecule has 62 valence electrons. The van der Waals surface area contributed by atoms with Gasteiger partial charge in [0.1, 0.15) is 0 Å². The van der Waals surface area contributed by atoms with Crippen molar-refractivity contribution in [1.82, 2.24) is 0 Å². The molecule has 0 aromatic carbocycles. The van der Waals surface area contributed by atoms with Crippen LogP contribution in [-0.2, 0) is 4.74 Å². The SMILES string of the molecule is CC[C@H](N)COC(C)(C)C. The number of ether oxygens (including phenoxy) is 1. The van der Waals surface area contributed by atoms with Crippen molar-refractivity contribution in [2.45, 2.75) is 45.8 Å². The average molecular weight is 145 g/mol. The second-order valence-electron chi connectivity index (χ2n) is 3.59. The van der Waals surface area contributed by atoms with E-state index >= 15 is 0 Å². The first kappa shape index (κ1) is 9.92. The van der Waals surface area contributed by atoms with Crippen molar-refractivity contribution in [2.75, 3.05) is 6.61 Å². The molecule has 0 fully saturated rings. The Labute approximate surface area is 63.7 Å². The van der Waals surface area contributed by atoms with Gasteiger partial charge in [-0.25, -0.2) is 0 Å². The number of hydrogen-bond acceptors (Lipinski definition) is 2. The molecular weight excluding hydrogens is 126 g/mol. The van der Waals surface area contributed by atoms with Crippen LogP contribution in [0, 0.1) is 0 Å². The van der Waals surface area contributed by atoms with E-state index in [1.807, 2.05) is 20.8 Å². The van der Waals surface area contributed by atoms with Crippen molar-refractivity contribution >= 4 is 0 Å². The van der Waals surface area contributed by atoms with Crippen LogP contribution in [0.15, 0.2) is 0 Å². The van der Waals surface area contributed by atoms with E-state index in [0.717, 1.165) is 6.42 Å². The average Bonchev–Trinajstić information content (AvgIpc) is 1.81. The summed E-state index contributed by atoms with van der Waals surface area (Å²) in [5.41, 5.74) is 5.61. The molecule has 0 saturated carbocycles. The zero-order valence-corrected chi connectivity index (χ0v) is 7.48. The van der Waals surface area contributed by atoms with E-state index in [1.54, 1.807) is 0 Å². The molecular formula is C8H19NO. The van der Waals surface area contributed by atoms with Gasteiger partial charge in [0.05, 0.1) is 12.2 Å². The van der Waals surface area contributed by atoms with Crippen LogP contribution in [-0.4, -0.2) is 18.2 Å². The Hall–Kier alpha value is -0.0800. The van der Waals surface area contributed by atoms with Gasteiger partial charge in [-0.05, 0) is 27.2 Å². The van der Waals surface area contributed by atoms with Crippen LogP contribution in [0.2, 0.25) is 0 Å². The molecule has 10 heavy (non-hydrogen) atoms. The van der Waals surface area contributed by atoms with Crippen molar-refractivity contribution in [2.24, 2.45) is 5.73 Å². The van der Waals surface area contributed by atoms with Crippen LogP contribution in [0.3, 0.4) is 0 Å². The highest BCUT2D eigenvalue weighted by Gasteiger charge is 2.11. The van der Waals surface area contributed by atoms with E-state index in [-0.39, 0.29) is 11.6 Å². The van der Waals surface area contributed by atoms with Crippen LogP contribution in [0.4, 0.5) is 0 Å². The topological polar surface area (TPSA) is 35.2 Å². The van der Waals surface area contributed by atoms with Gasteiger partial charge in [-0.3, -0.25) is 0 Å². The van der Waals surface area contributed by atoms with Gasteiger partial charge in [0.25, 0.3) is 0 Å². The van der Waals surface area contributed by atoms with Gasteiger partial charge < -0.3 is 10.5 Å². The summed E-state index contributed by atoms with van der Waals surface area (Å²) in [6.45, 7) is 8.84. The lowest BCUT2D eigenvalue weighted by atomic mass is 10.2. The number of nitrogens with two attached hydrogens (primary N) is 1. The fourth-order valence-electron chi connectivity index (χ4n) is 0.475. The van der Waals surface area contributed by atoms with Crippen molar-refractivity contribution in [1.29, 1.82) is 0 Å². The molecule has 0 aliphatic rings. The Balaban J connectivity index is 3.36. The molecule has 0 rings (SSSR count). The zero-order valence-electron chi connectivity index (χ0n) is 7.48. The number of hydrogen-bond donors (Lipinski definition) is 1. The van der Waals surface area contributed by atoms with Gasteiger partial charge in [-0.15, -0.1) is 0 Å². The second kappa shape index (κ2) is 3.94. The molecule has 2 heteroatoms. The molecule has 0 aliphatic carbocycles. The van der Waals surface area contributed by atoms with Crippen LogP contribution < -0.4 is 5.73 Å². The van der Waals surface area contributed by atoms with Crippen LogP contribution in [0.1, 0.15) is 34.1 Å². The normalized spacial score (nSPS) is 15.3. The first-order chi connectivity index (χ1) is 4.45. The van der Waals surface area contributed by atoms with Gasteiger partial charge >= 0.3 is 0 Å². The van der Waals surface area contributed by atoms with E-state index in [1.165, 1.54) is 0 Å². The Morgan fingerprint density at radius 2 is 1.90 bits per heavy atom. The molecule has 0 amide bonds. The van der Waals surface area contributed by atoms with E-state index in [4.69, 9.17) is 10.5 Å². The summed E-state index contributed by atoms with van der Waals surface area (Å²) < 4.78 is 5.46. The Morgan fingerprint density at radius 1 is 1.40 bits per heavy atom. The third-order valence-corrected chi connectivity index (χ3v) is 1.25. The van der Waals surface area contributed by atoms with Crippen LogP contribution in [0.5, 0.6) is 0 Å². The fourth-order valence-corrected chi connectivity index (χ4v) is 0.475. The standard InChI is InChI=1S/C8H19NO/c1-5-7(9)6-10-8(2,3)4/h7H,5-6,9H2,1-4H3/t7-/m0/s1. The molecule has 2 N–H and O–H groups in total. The largest absolute Gasteiger partial charge is 0.374 e. The third-order valence-electron chi connectivity index (χ3n) is 1.25. The molecule has 0 aromatic rings. The third kappa shape index (κ3) is 6.05. The van der Waals surface area contributed by atoms with Crippen molar-refractivity contribution in [3.05, 3.63) is 0 Å². The summed E-state index contributed by atoms with van der Waals surface area (Å²) in [5, 5.41) is 0. The van der Waals surface area contributed by atoms with E-state index < -0.39 is 0 Å². The molecule has 1 atom stereocenters. The molecule has 0 bridgehead atoms. The number of rotatable bonds is 3. The molecule has 0 spiro atoms. The van der Waals surface area contributed by atoms with E-state index in [0.29, 0.717) is 6.61 Å². The van der Waals surface area contributed by atoms with Gasteiger partial charge in [0, 0.05) is 6.04 Å². The summed E-state index contributed by atoms with van der Waals surface area (Å²) in [4.78, 5) is 0. The summed E-state index contributed by atoms with van der Waals surface area (Å²) >= 11 is 0. The molecule has 0 radical (unpaired) electrons. The summed E-state index contributed by atoms with van der Waals surface area (Å²) in [5.74, 6) is 0. The predicted octanol–water partition coefficient (Wildman–Crippen LogP) is 1.54. The lowest BCUT2D eigenvalue weighted by Crippen LogP contribution is -2.31. The van der Waals surface area contributed by atoms with E-state index in [2.05, 4.69) is 6.92 Å². The Bertz CT molecular complexity index is 85.7. The second-order valence-corrected chi connectivity index (χ2v) is 3.59. The van der Waals surface area contributed by atoms with Crippen LogP contribution >= 0.6 is 0 Å². The minimum absolute atomic E-state index is 0.0488. The predicted molar refractivity (Wildman–Crippen MR) is 44.0 cm³/mol. The fraction of sp³-hybridized carbons (Fsp3) is 1.00. The lowest BCUT2D eigenvalue weighted by molar-refractivity contribution is -0.0102. The smallest absolute Gasteiger partial charge is 0.0624 e. The molecule has 0 aliphatic heterocycles. The minimum atomic E-state index is -0.0488. The van der Waals surface area contributed by atoms with Crippen molar-refractivity contribution in [3.8, 4) is 0 Å². The molecule has 0 aromatic heterocycles. The summed E-state index contributed by atoms with van der Waals surface area (Å²) in [6, 6.07) is 0.194. The maximum Gasteiger partial charge on any atom is 0.0624 e. The van der Waals surface area contributed by atoms with Gasteiger partial charge in [0.15, 0.2) is 0 Å². The van der Waals surface area contributed by atoms with Gasteiger partial charge in [-0.1, -0.05) is 6.92 Å². The van der Waals surface area contributed by atoms with Crippen molar-refractivity contribution < 1.29 is 4.74 Å². The van der Waals surface area contributed by atoms with Gasteiger partial charge in [-0.2, -0.15) is 0 Å². The highest BCUT2D eigenvalue weighted by molar-refractivity contribution is 4.63. The van der Waals surface area contributed by atoms with Crippen molar-refractivity contribution in [3.63, 3.8) is 0 Å². The molecule has 2 nitrogen and oxygen atoms in total. The van der Waals surface area contributed by atoms with Gasteiger partial charge in [0.2, 0.25) is 0 Å². The summed E-state index contributed by atoms with van der Waals surface area (Å²) in [7, 11) is 0. The molecule has 0 saturated heterocycles. The molecule has 0 unspecified atom stereocenters. The van der Waals surface area contributed by atoms with Crippen LogP contribution in [0.25, 0.3) is 0 Å². The maximum atomic E-state index is 5.66. The highest BCUT2D eigenvalue weighted by atomic mass is 16.5. The quantitative estimate of drug-likeness (QED) is 0.653. The Kier molecular flexibility index (Phi) is 3.91. The zero-order chi connectivity index (χ0) is 8.20. The first-order valence-electron chi connectivity index (χ1n) is 3.85. The lowest BCUT2D eigenvalue weighted by Gasteiger charge is -2.21. The van der Waals surface area contributed by atoms with E-state index in [9.17, 15) is 0 Å². The highest BCUT2D eigenvalue weighted by Crippen LogP contribution is 2.06. The molecule has 0 heterocycles. The first-order valence-corrected chi connectivity index (χ1v) is 3.85. The Morgan fingerprint density at radius 3 is 2.20 bits per heavy atom. The monoisotopic (exact) mass is 145 g/mol. The summed E-state index contributed by atoms with van der Waals surface area (Å²) in [6.07, 6.45) is 0.982.